The summed E-state index contributed by atoms with van der Waals surface area (Å²) in [5.41, 5.74) is 3.17. The van der Waals surface area contributed by atoms with E-state index in [-0.39, 0.29) is 24.3 Å². The zero-order chi connectivity index (χ0) is 22.3. The molecule has 2 aliphatic heterocycles. The Morgan fingerprint density at radius 2 is 1.75 bits per heavy atom. The average Bonchev–Trinajstić information content (AvgIpc) is 2.83. The molecule has 0 unspecified atom stereocenters. The number of rotatable bonds is 6. The van der Waals surface area contributed by atoms with Crippen LogP contribution in [0.15, 0.2) is 48.5 Å². The molecule has 3 amide bonds. The highest BCUT2D eigenvalue weighted by atomic mass is 16.5. The van der Waals surface area contributed by atoms with Crippen LogP contribution in [0.2, 0.25) is 0 Å². The van der Waals surface area contributed by atoms with Crippen LogP contribution in [0, 0.1) is 0 Å². The molecule has 8 heteroatoms. The molecule has 2 saturated heterocycles. The molecule has 2 aromatic carbocycles. The van der Waals surface area contributed by atoms with E-state index in [1.807, 2.05) is 36.4 Å². The van der Waals surface area contributed by atoms with Crippen molar-refractivity contribution < 1.29 is 19.1 Å². The van der Waals surface area contributed by atoms with Crippen LogP contribution in [0.1, 0.15) is 31.8 Å². The summed E-state index contributed by atoms with van der Waals surface area (Å²) in [5.74, 6) is -0.432. The molecule has 0 atom stereocenters. The Hall–Kier alpha value is -3.23. The molecule has 0 radical (unpaired) electrons. The lowest BCUT2D eigenvalue weighted by Crippen LogP contribution is -2.49. The number of nitrogens with one attached hydrogen (secondary N) is 2. The largest absolute Gasteiger partial charge is 0.379 e. The standard InChI is InChI=1S/C24H28N4O4/c29-22-17-28(9-8-25-22)24(31)20-6-4-18(5-7-20)15-26-23(30)21-3-1-2-19(14-21)16-27-10-12-32-13-11-27/h1-7,14H,8-13,15-17H2,(H,25,29)(H,26,30). The normalized spacial score (nSPS) is 17.0. The zero-order valence-electron chi connectivity index (χ0n) is 18.0. The van der Waals surface area contributed by atoms with Gasteiger partial charge in [-0.3, -0.25) is 19.3 Å². The summed E-state index contributed by atoms with van der Waals surface area (Å²) in [6.07, 6.45) is 0. The van der Waals surface area contributed by atoms with Gasteiger partial charge < -0.3 is 20.3 Å². The second-order valence-corrected chi connectivity index (χ2v) is 8.05. The SMILES string of the molecule is O=C1CN(C(=O)c2ccc(CNC(=O)c3cccc(CN4CCOCC4)c3)cc2)CCN1. The molecule has 2 heterocycles. The number of ether oxygens (including phenoxy) is 1. The number of morpholine rings is 1. The molecule has 0 aromatic heterocycles. The van der Waals surface area contributed by atoms with Crippen molar-refractivity contribution in [1.82, 2.24) is 20.4 Å². The van der Waals surface area contributed by atoms with E-state index in [4.69, 9.17) is 4.74 Å². The summed E-state index contributed by atoms with van der Waals surface area (Å²) in [4.78, 5) is 40.5. The van der Waals surface area contributed by atoms with Crippen molar-refractivity contribution in [3.05, 3.63) is 70.8 Å². The number of nitrogens with zero attached hydrogens (tertiary/aromatic N) is 2. The second-order valence-electron chi connectivity index (χ2n) is 8.05. The van der Waals surface area contributed by atoms with Gasteiger partial charge in [0.15, 0.2) is 0 Å². The first-order valence-electron chi connectivity index (χ1n) is 10.9. The van der Waals surface area contributed by atoms with Crippen molar-refractivity contribution in [2.75, 3.05) is 45.9 Å². The molecule has 2 aromatic rings. The minimum Gasteiger partial charge on any atom is -0.379 e. The van der Waals surface area contributed by atoms with Crippen LogP contribution < -0.4 is 10.6 Å². The van der Waals surface area contributed by atoms with Gasteiger partial charge in [-0.05, 0) is 35.4 Å². The van der Waals surface area contributed by atoms with E-state index in [0.29, 0.717) is 30.8 Å². The van der Waals surface area contributed by atoms with Crippen LogP contribution in [0.5, 0.6) is 0 Å². The second kappa shape index (κ2) is 10.4. The summed E-state index contributed by atoms with van der Waals surface area (Å²) in [7, 11) is 0. The van der Waals surface area contributed by atoms with Gasteiger partial charge in [0.05, 0.1) is 19.8 Å². The van der Waals surface area contributed by atoms with Gasteiger partial charge in [0.1, 0.15) is 0 Å². The number of carbonyl (C=O) groups is 3. The number of piperazine rings is 1. The van der Waals surface area contributed by atoms with Crippen LogP contribution in [0.3, 0.4) is 0 Å². The summed E-state index contributed by atoms with van der Waals surface area (Å²) in [6, 6.07) is 14.8. The monoisotopic (exact) mass is 436 g/mol. The predicted molar refractivity (Wildman–Crippen MR) is 119 cm³/mol. The maximum atomic E-state index is 12.6. The molecule has 8 nitrogen and oxygen atoms in total. The van der Waals surface area contributed by atoms with E-state index >= 15 is 0 Å². The van der Waals surface area contributed by atoms with E-state index in [1.54, 1.807) is 17.0 Å². The minimum absolute atomic E-state index is 0.0846. The van der Waals surface area contributed by atoms with Crippen LogP contribution >= 0.6 is 0 Å². The Morgan fingerprint density at radius 3 is 2.50 bits per heavy atom. The molecule has 168 valence electrons. The smallest absolute Gasteiger partial charge is 0.254 e. The van der Waals surface area contributed by atoms with E-state index in [2.05, 4.69) is 15.5 Å². The fraction of sp³-hybridized carbons (Fsp3) is 0.375. The number of amides is 3. The first-order valence-corrected chi connectivity index (χ1v) is 10.9. The van der Waals surface area contributed by atoms with Crippen molar-refractivity contribution in [2.45, 2.75) is 13.1 Å². The van der Waals surface area contributed by atoms with Gasteiger partial charge in [0.2, 0.25) is 5.91 Å². The molecule has 2 N–H and O–H groups in total. The Labute approximate surface area is 187 Å². The van der Waals surface area contributed by atoms with E-state index < -0.39 is 0 Å². The number of hydrogen-bond donors (Lipinski definition) is 2. The molecular weight excluding hydrogens is 408 g/mol. The van der Waals surface area contributed by atoms with Gasteiger partial charge in [-0.15, -0.1) is 0 Å². The highest BCUT2D eigenvalue weighted by molar-refractivity contribution is 5.97. The lowest BCUT2D eigenvalue weighted by molar-refractivity contribution is -0.123. The van der Waals surface area contributed by atoms with E-state index in [0.717, 1.165) is 44.0 Å². The van der Waals surface area contributed by atoms with E-state index in [9.17, 15) is 14.4 Å². The Balaban J connectivity index is 1.30. The topological polar surface area (TPSA) is 91.0 Å². The van der Waals surface area contributed by atoms with Gasteiger partial charge in [0.25, 0.3) is 11.8 Å². The zero-order valence-corrected chi connectivity index (χ0v) is 18.0. The molecule has 0 bridgehead atoms. The van der Waals surface area contributed by atoms with Crippen molar-refractivity contribution in [3.63, 3.8) is 0 Å². The van der Waals surface area contributed by atoms with Gasteiger partial charge in [-0.25, -0.2) is 0 Å². The molecule has 32 heavy (non-hydrogen) atoms. The molecule has 0 aliphatic carbocycles. The van der Waals surface area contributed by atoms with Crippen LogP contribution in [-0.2, 0) is 22.6 Å². The van der Waals surface area contributed by atoms with Crippen LogP contribution in [0.25, 0.3) is 0 Å². The third kappa shape index (κ3) is 5.72. The van der Waals surface area contributed by atoms with Crippen molar-refractivity contribution in [3.8, 4) is 0 Å². The Morgan fingerprint density at radius 1 is 0.969 bits per heavy atom. The first kappa shape index (κ1) is 22.0. The highest BCUT2D eigenvalue weighted by Crippen LogP contribution is 2.12. The van der Waals surface area contributed by atoms with Crippen molar-refractivity contribution in [2.24, 2.45) is 0 Å². The Kier molecular flexibility index (Phi) is 7.14. The van der Waals surface area contributed by atoms with E-state index in [1.165, 1.54) is 0 Å². The van der Waals surface area contributed by atoms with Gasteiger partial charge in [-0.1, -0.05) is 24.3 Å². The van der Waals surface area contributed by atoms with Crippen LogP contribution in [0.4, 0.5) is 0 Å². The lowest BCUT2D eigenvalue weighted by Gasteiger charge is -2.26. The molecule has 0 spiro atoms. The third-order valence-corrected chi connectivity index (χ3v) is 5.68. The van der Waals surface area contributed by atoms with Crippen molar-refractivity contribution >= 4 is 17.7 Å². The molecular formula is C24H28N4O4. The summed E-state index contributed by atoms with van der Waals surface area (Å²) < 4.78 is 5.39. The molecule has 2 aliphatic rings. The molecule has 2 fully saturated rings. The van der Waals surface area contributed by atoms with Crippen LogP contribution in [-0.4, -0.2) is 73.5 Å². The van der Waals surface area contributed by atoms with Crippen molar-refractivity contribution in [1.29, 1.82) is 0 Å². The summed E-state index contributed by atoms with van der Waals surface area (Å²) in [6.45, 7) is 5.54. The maximum Gasteiger partial charge on any atom is 0.254 e. The number of benzene rings is 2. The third-order valence-electron chi connectivity index (χ3n) is 5.68. The van der Waals surface area contributed by atoms with Gasteiger partial charge in [0, 0.05) is 50.4 Å². The first-order chi connectivity index (χ1) is 15.6. The minimum atomic E-state index is -0.160. The fourth-order valence-corrected chi connectivity index (χ4v) is 3.87. The number of hydrogen-bond acceptors (Lipinski definition) is 5. The quantitative estimate of drug-likeness (QED) is 0.706. The summed E-state index contributed by atoms with van der Waals surface area (Å²) in [5, 5.41) is 5.65. The average molecular weight is 437 g/mol. The Bertz CT molecular complexity index is 970. The number of carbonyl (C=O) groups excluding carboxylic acids is 3. The molecule has 0 saturated carbocycles. The van der Waals surface area contributed by atoms with Gasteiger partial charge in [-0.2, -0.15) is 0 Å². The lowest BCUT2D eigenvalue weighted by atomic mass is 10.1. The maximum absolute atomic E-state index is 12.6. The predicted octanol–water partition coefficient (Wildman–Crippen LogP) is 1.02. The summed E-state index contributed by atoms with van der Waals surface area (Å²) >= 11 is 0. The highest BCUT2D eigenvalue weighted by Gasteiger charge is 2.22. The molecule has 4 rings (SSSR count). The fourth-order valence-electron chi connectivity index (χ4n) is 3.87. The van der Waals surface area contributed by atoms with Gasteiger partial charge >= 0.3 is 0 Å².